The molecule has 0 saturated carbocycles. The Morgan fingerprint density at radius 1 is 1.86 bits per heavy atom. The monoisotopic (exact) mass is 132 g/mol. The molecule has 0 amide bonds. The smallest absolute Gasteiger partial charge is 1.00 e. The van der Waals surface area contributed by atoms with Crippen LogP contribution in [0.15, 0.2) is 0 Å². The number of carboxylic acids is 1. The van der Waals surface area contributed by atoms with Crippen LogP contribution in [0.25, 0.3) is 0 Å². The van der Waals surface area contributed by atoms with Crippen LogP contribution in [0.4, 0.5) is 0 Å². The minimum Gasteiger partial charge on any atom is -1.00 e. The summed E-state index contributed by atoms with van der Waals surface area (Å²) in [6, 6.07) is 0. The summed E-state index contributed by atoms with van der Waals surface area (Å²) in [5, 5.41) is 7.60. The van der Waals surface area contributed by atoms with Gasteiger partial charge < -0.3 is 18.4 Å². The topological polar surface area (TPSA) is 98.3 Å². The van der Waals surface area contributed by atoms with Crippen molar-refractivity contribution in [3.05, 3.63) is 0 Å². The predicted molar refractivity (Wildman–Crippen MR) is 22.8 cm³/mol. The molecule has 0 bridgehead atoms. The molecule has 40 valence electrons. The van der Waals surface area contributed by atoms with Crippen molar-refractivity contribution in [2.75, 3.05) is 6.54 Å². The molecule has 0 aliphatic rings. The van der Waals surface area contributed by atoms with E-state index in [2.05, 4.69) is 5.73 Å². The van der Waals surface area contributed by atoms with Gasteiger partial charge in [0.2, 0.25) is 0 Å². The van der Waals surface area contributed by atoms with E-state index in [0.717, 1.165) is 0 Å². The Labute approximate surface area is 85.9 Å². The van der Waals surface area contributed by atoms with Crippen LogP contribution in [0.1, 0.15) is 1.43 Å². The van der Waals surface area contributed by atoms with Crippen LogP contribution in [-0.4, -0.2) is 17.6 Å². The van der Waals surface area contributed by atoms with Gasteiger partial charge in [0.1, 0.15) is 0 Å². The second-order valence-electron chi connectivity index (χ2n) is 0.598. The van der Waals surface area contributed by atoms with E-state index in [1.807, 2.05) is 0 Å². The fraction of sp³-hybridized carbons (Fsp3) is 0.500. The average molecular weight is 132 g/mol. The van der Waals surface area contributed by atoms with Crippen LogP contribution >= 0.6 is 0 Å². The number of nitrogens with two attached hydrogens (primary N) is 1. The number of hydrogen-bond donors (Lipinski definition) is 3. The fourth-order valence-electron chi connectivity index (χ4n) is 0. The van der Waals surface area contributed by atoms with Crippen LogP contribution in [0.2, 0.25) is 0 Å². The Hall–Kier alpha value is 1.03. The summed E-state index contributed by atoms with van der Waals surface area (Å²) in [4.78, 5) is 9.24. The van der Waals surface area contributed by atoms with E-state index in [9.17, 15) is 4.79 Å². The van der Waals surface area contributed by atoms with Crippen LogP contribution in [0.3, 0.4) is 0 Å². The number of hydrogen-bond acceptors (Lipinski definition) is 3. The predicted octanol–water partition coefficient (Wildman–Crippen LogP) is -3.69. The second kappa shape index (κ2) is 10.1. The molecule has 4 nitrogen and oxygen atoms in total. The Kier molecular flexibility index (Phi) is 22.6. The van der Waals surface area contributed by atoms with E-state index < -0.39 is 5.97 Å². The fourth-order valence-corrected chi connectivity index (χ4v) is 0. The standard InChI is InChI=1S/C2H5NO2.K.H3N.H/c3-1-2(4)5;;;/h1,3H2,(H,4,5);;1H3;/q;+1;;-1. The summed E-state index contributed by atoms with van der Waals surface area (Å²) in [6.07, 6.45) is 0. The van der Waals surface area contributed by atoms with Gasteiger partial charge in [0.15, 0.2) is 0 Å². The molecule has 0 heterocycles. The maximum atomic E-state index is 9.24. The molecule has 0 aromatic heterocycles. The van der Waals surface area contributed by atoms with Crippen molar-refractivity contribution in [2.45, 2.75) is 0 Å². The molecule has 0 spiro atoms. The summed E-state index contributed by atoms with van der Waals surface area (Å²) in [6.45, 7) is -0.278. The number of carbonyl (C=O) groups is 1. The molecule has 7 heavy (non-hydrogen) atoms. The van der Waals surface area contributed by atoms with Gasteiger partial charge in [-0.05, 0) is 0 Å². The van der Waals surface area contributed by atoms with Crippen molar-refractivity contribution in [1.82, 2.24) is 6.15 Å². The van der Waals surface area contributed by atoms with Gasteiger partial charge in [0, 0.05) is 0 Å². The first-order chi connectivity index (χ1) is 2.27. The van der Waals surface area contributed by atoms with Crippen LogP contribution < -0.4 is 63.3 Å². The van der Waals surface area contributed by atoms with Gasteiger partial charge in [-0.25, -0.2) is 0 Å². The summed E-state index contributed by atoms with van der Waals surface area (Å²) in [5.74, 6) is -0.968. The first kappa shape index (κ1) is 15.7. The SMILES string of the molecule is N.NCC(=O)O.[H-].[K+]. The number of rotatable bonds is 1. The maximum absolute atomic E-state index is 9.24. The molecule has 0 saturated heterocycles. The van der Waals surface area contributed by atoms with Gasteiger partial charge in [0.25, 0.3) is 0 Å². The zero-order valence-corrected chi connectivity index (χ0v) is 7.47. The van der Waals surface area contributed by atoms with Gasteiger partial charge in [-0.3, -0.25) is 4.79 Å². The van der Waals surface area contributed by atoms with Gasteiger partial charge in [-0.1, -0.05) is 0 Å². The molecule has 0 atom stereocenters. The zero-order valence-electron chi connectivity index (χ0n) is 5.35. The Morgan fingerprint density at radius 3 is 2.00 bits per heavy atom. The molecule has 0 aliphatic carbocycles. The van der Waals surface area contributed by atoms with E-state index in [-0.39, 0.29) is 65.5 Å². The third kappa shape index (κ3) is 19.4. The third-order valence-corrected chi connectivity index (χ3v) is 0.175. The van der Waals surface area contributed by atoms with Crippen LogP contribution in [0.5, 0.6) is 0 Å². The van der Waals surface area contributed by atoms with Crippen molar-refractivity contribution in [1.29, 1.82) is 0 Å². The molecule has 0 aliphatic heterocycles. The third-order valence-electron chi connectivity index (χ3n) is 0.175. The van der Waals surface area contributed by atoms with Crippen molar-refractivity contribution in [2.24, 2.45) is 5.73 Å². The van der Waals surface area contributed by atoms with Gasteiger partial charge in [-0.15, -0.1) is 0 Å². The Morgan fingerprint density at radius 2 is 2.00 bits per heavy atom. The quantitative estimate of drug-likeness (QED) is 0.320. The van der Waals surface area contributed by atoms with Crippen molar-refractivity contribution in [3.8, 4) is 0 Å². The largest absolute Gasteiger partial charge is 1.00 e. The summed E-state index contributed by atoms with van der Waals surface area (Å²) >= 11 is 0. The summed E-state index contributed by atoms with van der Waals surface area (Å²) in [7, 11) is 0. The van der Waals surface area contributed by atoms with Crippen molar-refractivity contribution in [3.63, 3.8) is 0 Å². The van der Waals surface area contributed by atoms with Gasteiger partial charge in [-0.2, -0.15) is 0 Å². The molecule has 5 heteroatoms. The van der Waals surface area contributed by atoms with Crippen LogP contribution in [0, 0.1) is 0 Å². The Balaban J connectivity index is -0.0000000267. The minimum absolute atomic E-state index is 0. The summed E-state index contributed by atoms with van der Waals surface area (Å²) in [5.41, 5.74) is 4.57. The second-order valence-corrected chi connectivity index (χ2v) is 0.598. The molecular formula is C2H9KN2O2. The van der Waals surface area contributed by atoms with Gasteiger partial charge in [0.05, 0.1) is 6.54 Å². The van der Waals surface area contributed by atoms with Crippen molar-refractivity contribution >= 4 is 5.97 Å². The normalized spacial score (nSPS) is 5.29. The molecule has 0 fully saturated rings. The first-order valence-electron chi connectivity index (χ1n) is 1.19. The van der Waals surface area contributed by atoms with E-state index in [4.69, 9.17) is 5.11 Å². The zero-order chi connectivity index (χ0) is 4.28. The van der Waals surface area contributed by atoms with E-state index in [1.165, 1.54) is 0 Å². The molecular weight excluding hydrogens is 123 g/mol. The average Bonchev–Trinajstić information content (AvgIpc) is 1.38. The first-order valence-corrected chi connectivity index (χ1v) is 1.19. The molecule has 0 rings (SSSR count). The maximum Gasteiger partial charge on any atom is 1.00 e. The minimum atomic E-state index is -0.968. The summed E-state index contributed by atoms with van der Waals surface area (Å²) < 4.78 is 0. The van der Waals surface area contributed by atoms with Crippen molar-refractivity contribution < 1.29 is 62.7 Å². The van der Waals surface area contributed by atoms with E-state index in [1.54, 1.807) is 0 Å². The molecule has 6 N–H and O–H groups in total. The Bertz CT molecular complexity index is 53.3. The van der Waals surface area contributed by atoms with Crippen LogP contribution in [-0.2, 0) is 4.79 Å². The number of carboxylic acid groups (broad SMARTS) is 1. The molecule has 0 radical (unpaired) electrons. The van der Waals surface area contributed by atoms with Gasteiger partial charge >= 0.3 is 57.4 Å². The van der Waals surface area contributed by atoms with E-state index >= 15 is 0 Å². The molecule has 0 aromatic rings. The molecule has 0 unspecified atom stereocenters. The molecule has 0 aromatic carbocycles. The number of aliphatic carboxylic acids is 1. The van der Waals surface area contributed by atoms with E-state index in [0.29, 0.717) is 0 Å².